The van der Waals surface area contributed by atoms with Gasteiger partial charge in [-0.3, -0.25) is 0 Å². The van der Waals surface area contributed by atoms with Crippen LogP contribution in [0.2, 0.25) is 0 Å². The van der Waals surface area contributed by atoms with Crippen molar-refractivity contribution in [2.75, 3.05) is 6.54 Å². The monoisotopic (exact) mass is 195 g/mol. The zero-order valence-corrected chi connectivity index (χ0v) is 8.57. The van der Waals surface area contributed by atoms with Gasteiger partial charge in [-0.15, -0.1) is 0 Å². The lowest BCUT2D eigenvalue weighted by Crippen LogP contribution is -2.30. The molecule has 0 spiro atoms. The maximum atomic E-state index is 9.99. The molecule has 0 heterocycles. The zero-order valence-electron chi connectivity index (χ0n) is 8.57. The van der Waals surface area contributed by atoms with E-state index in [1.165, 1.54) is 0 Å². The van der Waals surface area contributed by atoms with Gasteiger partial charge in [0.1, 0.15) is 5.75 Å². The molecule has 1 rings (SSSR count). The summed E-state index contributed by atoms with van der Waals surface area (Å²) in [7, 11) is 0. The molecule has 0 aliphatic rings. The maximum absolute atomic E-state index is 9.99. The molecule has 0 saturated carbocycles. The fourth-order valence-corrected chi connectivity index (χ4v) is 1.25. The Morgan fingerprint density at radius 2 is 1.93 bits per heavy atom. The SMILES string of the molecule is CC(C)(CN)C(O)c1ccccc1O. The van der Waals surface area contributed by atoms with Crippen molar-refractivity contribution in [2.45, 2.75) is 20.0 Å². The molecule has 14 heavy (non-hydrogen) atoms. The third kappa shape index (κ3) is 2.05. The van der Waals surface area contributed by atoms with Crippen LogP contribution in [0.15, 0.2) is 24.3 Å². The minimum absolute atomic E-state index is 0.113. The second-order valence-corrected chi connectivity index (χ2v) is 4.15. The highest BCUT2D eigenvalue weighted by Gasteiger charge is 2.29. The second kappa shape index (κ2) is 3.98. The van der Waals surface area contributed by atoms with Gasteiger partial charge in [-0.2, -0.15) is 0 Å². The number of phenolic OH excluding ortho intramolecular Hbond substituents is 1. The van der Waals surface area contributed by atoms with Crippen LogP contribution in [0.3, 0.4) is 0 Å². The van der Waals surface area contributed by atoms with Crippen molar-refractivity contribution in [1.29, 1.82) is 0 Å². The van der Waals surface area contributed by atoms with E-state index >= 15 is 0 Å². The van der Waals surface area contributed by atoms with E-state index in [9.17, 15) is 10.2 Å². The van der Waals surface area contributed by atoms with Gasteiger partial charge in [0.25, 0.3) is 0 Å². The fraction of sp³-hybridized carbons (Fsp3) is 0.455. The summed E-state index contributed by atoms with van der Waals surface area (Å²) in [6, 6.07) is 6.77. The Bertz CT molecular complexity index is 310. The van der Waals surface area contributed by atoms with Gasteiger partial charge in [0, 0.05) is 17.5 Å². The number of aromatic hydroxyl groups is 1. The molecule has 0 bridgehead atoms. The molecule has 0 aliphatic carbocycles. The van der Waals surface area contributed by atoms with E-state index in [2.05, 4.69) is 0 Å². The van der Waals surface area contributed by atoms with Crippen LogP contribution in [0.5, 0.6) is 5.75 Å². The first kappa shape index (κ1) is 11.0. The Hall–Kier alpha value is -1.06. The van der Waals surface area contributed by atoms with Crippen LogP contribution < -0.4 is 5.73 Å². The summed E-state index contributed by atoms with van der Waals surface area (Å²) >= 11 is 0. The van der Waals surface area contributed by atoms with Gasteiger partial charge in [0.2, 0.25) is 0 Å². The number of phenols is 1. The molecule has 3 heteroatoms. The third-order valence-corrected chi connectivity index (χ3v) is 2.50. The maximum Gasteiger partial charge on any atom is 0.121 e. The average Bonchev–Trinajstić information content (AvgIpc) is 2.17. The highest BCUT2D eigenvalue weighted by molar-refractivity contribution is 5.34. The van der Waals surface area contributed by atoms with Crippen molar-refractivity contribution in [3.63, 3.8) is 0 Å². The lowest BCUT2D eigenvalue weighted by Gasteiger charge is -2.29. The number of hydrogen-bond acceptors (Lipinski definition) is 3. The summed E-state index contributed by atoms with van der Waals surface area (Å²) in [5, 5.41) is 19.5. The standard InChI is InChI=1S/C11H17NO2/c1-11(2,7-12)10(14)8-5-3-4-6-9(8)13/h3-6,10,13-14H,7,12H2,1-2H3. The van der Waals surface area contributed by atoms with E-state index in [0.29, 0.717) is 12.1 Å². The van der Waals surface area contributed by atoms with Crippen LogP contribution >= 0.6 is 0 Å². The van der Waals surface area contributed by atoms with Gasteiger partial charge in [0.15, 0.2) is 0 Å². The van der Waals surface area contributed by atoms with Crippen LogP contribution in [-0.4, -0.2) is 16.8 Å². The van der Waals surface area contributed by atoms with Crippen molar-refractivity contribution in [3.05, 3.63) is 29.8 Å². The molecule has 78 valence electrons. The number of para-hydroxylation sites is 1. The van der Waals surface area contributed by atoms with Gasteiger partial charge < -0.3 is 15.9 Å². The molecule has 4 N–H and O–H groups in total. The van der Waals surface area contributed by atoms with E-state index < -0.39 is 11.5 Å². The summed E-state index contributed by atoms with van der Waals surface area (Å²) in [5.41, 5.74) is 5.65. The molecular weight excluding hydrogens is 178 g/mol. The van der Waals surface area contributed by atoms with E-state index in [1.54, 1.807) is 24.3 Å². The molecule has 1 unspecified atom stereocenters. The van der Waals surface area contributed by atoms with E-state index in [-0.39, 0.29) is 5.75 Å². The normalized spacial score (nSPS) is 14.0. The van der Waals surface area contributed by atoms with E-state index in [4.69, 9.17) is 5.73 Å². The molecule has 3 nitrogen and oxygen atoms in total. The Morgan fingerprint density at radius 1 is 1.36 bits per heavy atom. The predicted octanol–water partition coefficient (Wildman–Crippen LogP) is 1.41. The van der Waals surface area contributed by atoms with Gasteiger partial charge in [-0.1, -0.05) is 32.0 Å². The Labute approximate surface area is 84.2 Å². The first-order valence-electron chi connectivity index (χ1n) is 4.65. The van der Waals surface area contributed by atoms with Crippen LogP contribution in [0.1, 0.15) is 25.5 Å². The number of hydrogen-bond donors (Lipinski definition) is 3. The van der Waals surface area contributed by atoms with Crippen LogP contribution in [0, 0.1) is 5.41 Å². The summed E-state index contributed by atoms with van der Waals surface area (Å²) in [4.78, 5) is 0. The Morgan fingerprint density at radius 3 is 2.43 bits per heavy atom. The van der Waals surface area contributed by atoms with Gasteiger partial charge in [-0.25, -0.2) is 0 Å². The summed E-state index contributed by atoms with van der Waals surface area (Å²) < 4.78 is 0. The number of rotatable bonds is 3. The fourth-order valence-electron chi connectivity index (χ4n) is 1.25. The molecule has 0 amide bonds. The molecule has 0 fully saturated rings. The number of nitrogens with two attached hydrogens (primary N) is 1. The van der Waals surface area contributed by atoms with Crippen molar-refractivity contribution in [3.8, 4) is 5.75 Å². The Balaban J connectivity index is 3.00. The lowest BCUT2D eigenvalue weighted by molar-refractivity contribution is 0.0535. The molecule has 0 aromatic heterocycles. The van der Waals surface area contributed by atoms with E-state index in [1.807, 2.05) is 13.8 Å². The minimum Gasteiger partial charge on any atom is -0.508 e. The quantitative estimate of drug-likeness (QED) is 0.683. The highest BCUT2D eigenvalue weighted by Crippen LogP contribution is 2.36. The van der Waals surface area contributed by atoms with Crippen LogP contribution in [-0.2, 0) is 0 Å². The molecule has 1 atom stereocenters. The molecule has 0 radical (unpaired) electrons. The molecular formula is C11H17NO2. The zero-order chi connectivity index (χ0) is 10.8. The number of aliphatic hydroxyl groups is 1. The van der Waals surface area contributed by atoms with Crippen LogP contribution in [0.4, 0.5) is 0 Å². The summed E-state index contributed by atoms with van der Waals surface area (Å²) in [6.45, 7) is 4.09. The van der Waals surface area contributed by atoms with Crippen molar-refractivity contribution in [1.82, 2.24) is 0 Å². The first-order valence-corrected chi connectivity index (χ1v) is 4.65. The largest absolute Gasteiger partial charge is 0.508 e. The van der Waals surface area contributed by atoms with Crippen molar-refractivity contribution < 1.29 is 10.2 Å². The Kier molecular flexibility index (Phi) is 3.13. The smallest absolute Gasteiger partial charge is 0.121 e. The molecule has 0 saturated heterocycles. The molecule has 0 aliphatic heterocycles. The average molecular weight is 195 g/mol. The predicted molar refractivity (Wildman–Crippen MR) is 55.9 cm³/mol. The van der Waals surface area contributed by atoms with Gasteiger partial charge in [0.05, 0.1) is 6.10 Å². The topological polar surface area (TPSA) is 66.5 Å². The molecule has 1 aromatic carbocycles. The lowest BCUT2D eigenvalue weighted by atomic mass is 9.82. The number of aliphatic hydroxyl groups excluding tert-OH is 1. The number of benzene rings is 1. The molecule has 1 aromatic rings. The summed E-state index contributed by atoms with van der Waals surface area (Å²) in [6.07, 6.45) is -0.742. The van der Waals surface area contributed by atoms with Gasteiger partial charge in [-0.05, 0) is 6.07 Å². The third-order valence-electron chi connectivity index (χ3n) is 2.50. The van der Waals surface area contributed by atoms with E-state index in [0.717, 1.165) is 0 Å². The summed E-state index contributed by atoms with van der Waals surface area (Å²) in [5.74, 6) is 0.113. The highest BCUT2D eigenvalue weighted by atomic mass is 16.3. The van der Waals surface area contributed by atoms with Crippen LogP contribution in [0.25, 0.3) is 0 Å². The van der Waals surface area contributed by atoms with Crippen molar-refractivity contribution in [2.24, 2.45) is 11.1 Å². The second-order valence-electron chi connectivity index (χ2n) is 4.15. The first-order chi connectivity index (χ1) is 6.49. The van der Waals surface area contributed by atoms with Gasteiger partial charge >= 0.3 is 0 Å². The minimum atomic E-state index is -0.742. The van der Waals surface area contributed by atoms with Crippen molar-refractivity contribution >= 4 is 0 Å².